The zero-order valence-electron chi connectivity index (χ0n) is 11.5. The summed E-state index contributed by atoms with van der Waals surface area (Å²) in [5, 5.41) is 3.88. The molecule has 0 radical (unpaired) electrons. The fourth-order valence-electron chi connectivity index (χ4n) is 2.15. The zero-order chi connectivity index (χ0) is 14.8. The molecule has 0 aliphatic rings. The predicted molar refractivity (Wildman–Crippen MR) is 76.9 cm³/mol. The summed E-state index contributed by atoms with van der Waals surface area (Å²) in [6.45, 7) is 1.81. The van der Waals surface area contributed by atoms with Crippen LogP contribution in [0.4, 0.5) is 4.39 Å². The molecule has 0 saturated heterocycles. The van der Waals surface area contributed by atoms with Crippen molar-refractivity contribution in [1.82, 2.24) is 10.1 Å². The van der Waals surface area contributed by atoms with Crippen LogP contribution in [-0.2, 0) is 0 Å². The van der Waals surface area contributed by atoms with Crippen molar-refractivity contribution in [3.05, 3.63) is 71.4 Å². The van der Waals surface area contributed by atoms with Gasteiger partial charge in [0.15, 0.2) is 0 Å². The van der Waals surface area contributed by atoms with Gasteiger partial charge in [-0.3, -0.25) is 0 Å². The van der Waals surface area contributed by atoms with Gasteiger partial charge in [-0.1, -0.05) is 35.5 Å². The van der Waals surface area contributed by atoms with Crippen molar-refractivity contribution in [3.8, 4) is 11.4 Å². The number of rotatable bonds is 3. The van der Waals surface area contributed by atoms with Crippen molar-refractivity contribution in [3.63, 3.8) is 0 Å². The Hall–Kier alpha value is -2.53. The van der Waals surface area contributed by atoms with Gasteiger partial charge in [0.2, 0.25) is 11.7 Å². The Morgan fingerprint density at radius 1 is 1.14 bits per heavy atom. The van der Waals surface area contributed by atoms with E-state index in [4.69, 9.17) is 10.3 Å². The second-order valence-electron chi connectivity index (χ2n) is 4.86. The zero-order valence-corrected chi connectivity index (χ0v) is 11.5. The highest BCUT2D eigenvalue weighted by atomic mass is 19.1. The molecule has 3 rings (SSSR count). The summed E-state index contributed by atoms with van der Waals surface area (Å²) in [4.78, 5) is 4.27. The largest absolute Gasteiger partial charge is 0.337 e. The molecule has 1 atom stereocenters. The van der Waals surface area contributed by atoms with Crippen LogP contribution < -0.4 is 5.73 Å². The lowest BCUT2D eigenvalue weighted by atomic mass is 10.1. The lowest BCUT2D eigenvalue weighted by Gasteiger charge is -2.05. The van der Waals surface area contributed by atoms with E-state index < -0.39 is 6.04 Å². The minimum Gasteiger partial charge on any atom is -0.337 e. The van der Waals surface area contributed by atoms with Crippen LogP contribution in [0.1, 0.15) is 23.1 Å². The molecule has 0 bridgehead atoms. The first kappa shape index (κ1) is 13.5. The number of hydrogen-bond donors (Lipinski definition) is 1. The lowest BCUT2D eigenvalue weighted by Crippen LogP contribution is -2.11. The minimum absolute atomic E-state index is 0.304. The van der Waals surface area contributed by atoms with Crippen LogP contribution in [0.15, 0.2) is 53.1 Å². The molecule has 4 nitrogen and oxygen atoms in total. The summed E-state index contributed by atoms with van der Waals surface area (Å²) in [5.74, 6) is 0.306. The van der Waals surface area contributed by atoms with Crippen LogP contribution in [0.25, 0.3) is 11.4 Å². The highest BCUT2D eigenvalue weighted by molar-refractivity contribution is 5.55. The van der Waals surface area contributed by atoms with E-state index in [1.54, 1.807) is 6.07 Å². The van der Waals surface area contributed by atoms with Gasteiger partial charge in [-0.15, -0.1) is 0 Å². The molecule has 0 aliphatic heterocycles. The van der Waals surface area contributed by atoms with E-state index in [1.807, 2.05) is 37.3 Å². The first-order valence-corrected chi connectivity index (χ1v) is 6.55. The van der Waals surface area contributed by atoms with Crippen molar-refractivity contribution >= 4 is 0 Å². The van der Waals surface area contributed by atoms with Gasteiger partial charge in [-0.05, 0) is 36.2 Å². The molecule has 0 amide bonds. The molecule has 2 aromatic carbocycles. The molecule has 1 heterocycles. The van der Waals surface area contributed by atoms with Gasteiger partial charge >= 0.3 is 0 Å². The Labute approximate surface area is 121 Å². The number of aromatic nitrogens is 2. The molecular weight excluding hydrogens is 269 g/mol. The maximum atomic E-state index is 13.4. The Kier molecular flexibility index (Phi) is 3.50. The second kappa shape index (κ2) is 5.46. The summed E-state index contributed by atoms with van der Waals surface area (Å²) < 4.78 is 18.6. The second-order valence-corrected chi connectivity index (χ2v) is 4.86. The third-order valence-electron chi connectivity index (χ3n) is 3.17. The first-order chi connectivity index (χ1) is 10.1. The Morgan fingerprint density at radius 2 is 1.90 bits per heavy atom. The van der Waals surface area contributed by atoms with E-state index in [9.17, 15) is 4.39 Å². The van der Waals surface area contributed by atoms with E-state index in [1.165, 1.54) is 12.1 Å². The SMILES string of the molecule is Cc1cc(F)cc(-c2noc(C(N)c3ccccc3)n2)c1. The number of aryl methyl sites for hydroxylation is 1. The average molecular weight is 283 g/mol. The van der Waals surface area contributed by atoms with Crippen LogP contribution in [0, 0.1) is 12.7 Å². The van der Waals surface area contributed by atoms with Gasteiger partial charge in [0.1, 0.15) is 11.9 Å². The maximum Gasteiger partial charge on any atom is 0.248 e. The van der Waals surface area contributed by atoms with E-state index in [-0.39, 0.29) is 5.82 Å². The molecule has 0 saturated carbocycles. The highest BCUT2D eigenvalue weighted by Gasteiger charge is 2.17. The smallest absolute Gasteiger partial charge is 0.248 e. The molecule has 3 aromatic rings. The fraction of sp³-hybridized carbons (Fsp3) is 0.125. The molecule has 0 fully saturated rings. The van der Waals surface area contributed by atoms with Crippen LogP contribution in [0.3, 0.4) is 0 Å². The monoisotopic (exact) mass is 283 g/mol. The van der Waals surface area contributed by atoms with Crippen molar-refractivity contribution in [2.24, 2.45) is 5.73 Å². The summed E-state index contributed by atoms with van der Waals surface area (Å²) in [6.07, 6.45) is 0. The topological polar surface area (TPSA) is 64.9 Å². The van der Waals surface area contributed by atoms with Crippen LogP contribution >= 0.6 is 0 Å². The molecule has 1 unspecified atom stereocenters. The number of nitrogens with zero attached hydrogens (tertiary/aromatic N) is 2. The lowest BCUT2D eigenvalue weighted by molar-refractivity contribution is 0.367. The molecule has 21 heavy (non-hydrogen) atoms. The third kappa shape index (κ3) is 2.83. The summed E-state index contributed by atoms with van der Waals surface area (Å²) in [5.41, 5.74) is 8.34. The molecule has 106 valence electrons. The van der Waals surface area contributed by atoms with Gasteiger partial charge in [-0.2, -0.15) is 4.98 Å². The average Bonchev–Trinajstić information content (AvgIpc) is 2.96. The molecule has 1 aromatic heterocycles. The molecule has 5 heteroatoms. The van der Waals surface area contributed by atoms with Crippen LogP contribution in [0.5, 0.6) is 0 Å². The van der Waals surface area contributed by atoms with Crippen molar-refractivity contribution < 1.29 is 8.91 Å². The van der Waals surface area contributed by atoms with Crippen molar-refractivity contribution in [2.45, 2.75) is 13.0 Å². The van der Waals surface area contributed by atoms with E-state index in [2.05, 4.69) is 10.1 Å². The number of benzene rings is 2. The van der Waals surface area contributed by atoms with Crippen molar-refractivity contribution in [1.29, 1.82) is 0 Å². The number of halogens is 1. The molecule has 2 N–H and O–H groups in total. The third-order valence-corrected chi connectivity index (χ3v) is 3.17. The van der Waals surface area contributed by atoms with E-state index >= 15 is 0 Å². The van der Waals surface area contributed by atoms with Crippen LogP contribution in [0.2, 0.25) is 0 Å². The summed E-state index contributed by atoms with van der Waals surface area (Å²) in [6, 6.07) is 13.6. The van der Waals surface area contributed by atoms with Gasteiger partial charge in [0.25, 0.3) is 0 Å². The first-order valence-electron chi connectivity index (χ1n) is 6.55. The van der Waals surface area contributed by atoms with Gasteiger partial charge < -0.3 is 10.3 Å². The van der Waals surface area contributed by atoms with Crippen molar-refractivity contribution in [2.75, 3.05) is 0 Å². The fourth-order valence-corrected chi connectivity index (χ4v) is 2.15. The summed E-state index contributed by atoms with van der Waals surface area (Å²) in [7, 11) is 0. The predicted octanol–water partition coefficient (Wildman–Crippen LogP) is 3.23. The standard InChI is InChI=1S/C16H14FN3O/c1-10-7-12(9-13(17)8-10)15-19-16(21-20-15)14(18)11-5-3-2-4-6-11/h2-9,14H,18H2,1H3. The van der Waals surface area contributed by atoms with E-state index in [0.29, 0.717) is 17.3 Å². The van der Waals surface area contributed by atoms with Gasteiger partial charge in [-0.25, -0.2) is 4.39 Å². The normalized spacial score (nSPS) is 12.3. The quantitative estimate of drug-likeness (QED) is 0.801. The Morgan fingerprint density at radius 3 is 2.62 bits per heavy atom. The van der Waals surface area contributed by atoms with Crippen LogP contribution in [-0.4, -0.2) is 10.1 Å². The minimum atomic E-state index is -0.498. The Bertz CT molecular complexity index is 735. The summed E-state index contributed by atoms with van der Waals surface area (Å²) >= 11 is 0. The van der Waals surface area contributed by atoms with Gasteiger partial charge in [0.05, 0.1) is 0 Å². The van der Waals surface area contributed by atoms with E-state index in [0.717, 1.165) is 11.1 Å². The molecular formula is C16H14FN3O. The molecule has 0 aliphatic carbocycles. The molecule has 0 spiro atoms. The highest BCUT2D eigenvalue weighted by Crippen LogP contribution is 2.23. The Balaban J connectivity index is 1.93. The number of hydrogen-bond acceptors (Lipinski definition) is 4. The van der Waals surface area contributed by atoms with Gasteiger partial charge in [0, 0.05) is 5.56 Å². The maximum absolute atomic E-state index is 13.4. The number of nitrogens with two attached hydrogens (primary N) is 1.